The van der Waals surface area contributed by atoms with Gasteiger partial charge in [-0.1, -0.05) is 36.4 Å². The van der Waals surface area contributed by atoms with Crippen LogP contribution in [-0.2, 0) is 38.7 Å². The minimum Gasteiger partial charge on any atom is -0.550 e. The zero-order valence-corrected chi connectivity index (χ0v) is 20.0. The summed E-state index contributed by atoms with van der Waals surface area (Å²) in [5.74, 6) is -2.22. The first-order valence-corrected chi connectivity index (χ1v) is 9.28. The number of carbonyl (C=O) groups is 4. The van der Waals surface area contributed by atoms with E-state index in [2.05, 4.69) is 0 Å². The maximum atomic E-state index is 11.2. The van der Waals surface area contributed by atoms with E-state index in [4.69, 9.17) is 9.47 Å². The fourth-order valence-corrected chi connectivity index (χ4v) is 2.10. The third-order valence-corrected chi connectivity index (χ3v) is 3.47. The molecule has 0 N–H and O–H groups in total. The van der Waals surface area contributed by atoms with Gasteiger partial charge in [-0.25, -0.2) is 0 Å². The van der Waals surface area contributed by atoms with Gasteiger partial charge in [0.15, 0.2) is 0 Å². The Balaban J connectivity index is 0.000000562. The molecule has 0 bridgehead atoms. The molecular weight excluding hydrogens is 458 g/mol. The van der Waals surface area contributed by atoms with Gasteiger partial charge < -0.3 is 29.3 Å². The second-order valence-corrected chi connectivity index (χ2v) is 6.03. The van der Waals surface area contributed by atoms with Crippen molar-refractivity contribution in [2.45, 2.75) is 38.5 Å². The number of hydrogen-bond acceptors (Lipinski definition) is 8. The van der Waals surface area contributed by atoms with E-state index >= 15 is 0 Å². The van der Waals surface area contributed by atoms with Gasteiger partial charge in [-0.3, -0.25) is 9.59 Å². The van der Waals surface area contributed by atoms with E-state index in [0.717, 1.165) is 0 Å². The molecule has 0 aliphatic rings. The van der Waals surface area contributed by atoms with Crippen LogP contribution in [0.4, 0.5) is 0 Å². The van der Waals surface area contributed by atoms with Crippen molar-refractivity contribution in [2.24, 2.45) is 0 Å². The summed E-state index contributed by atoms with van der Waals surface area (Å²) in [6, 6.07) is 17.3. The van der Waals surface area contributed by atoms with Crippen LogP contribution < -0.4 is 19.7 Å². The van der Waals surface area contributed by atoms with Crippen LogP contribution in [-0.4, -0.2) is 23.9 Å². The summed E-state index contributed by atoms with van der Waals surface area (Å²) in [6.45, 7) is 0. The molecule has 2 aromatic rings. The average molecular weight is 480 g/mol. The van der Waals surface area contributed by atoms with Crippen molar-refractivity contribution < 1.29 is 58.3 Å². The largest absolute Gasteiger partial charge is 2.00 e. The fourth-order valence-electron chi connectivity index (χ4n) is 2.10. The van der Waals surface area contributed by atoms with Gasteiger partial charge in [-0.15, -0.1) is 0 Å². The molecule has 160 valence electrons. The number of carboxylic acid groups (broad SMARTS) is 2. The van der Waals surface area contributed by atoms with Crippen LogP contribution in [0, 0.1) is 0 Å². The number of benzene rings is 2. The van der Waals surface area contributed by atoms with Crippen molar-refractivity contribution in [3.63, 3.8) is 0 Å². The number of aliphatic carboxylic acids is 2. The molecule has 0 spiro atoms. The summed E-state index contributed by atoms with van der Waals surface area (Å²) in [5, 5.41) is 20.2. The number of carbonyl (C=O) groups excluding carboxylic acids is 4. The molecule has 2 rings (SSSR count). The van der Waals surface area contributed by atoms with Crippen molar-refractivity contribution in [1.82, 2.24) is 0 Å². The Bertz CT molecular complexity index is 739. The Morgan fingerprint density at radius 1 is 0.581 bits per heavy atom. The SMILES string of the molecule is O=C([O-])CCCC(=O)Oc1ccccc1.O=C([O-])CCCC(=O)Oc1ccccc1.[Zn+2]. The average Bonchev–Trinajstić information content (AvgIpc) is 2.69. The summed E-state index contributed by atoms with van der Waals surface area (Å²) < 4.78 is 9.89. The first kappa shape index (κ1) is 27.9. The number of para-hydroxylation sites is 2. The van der Waals surface area contributed by atoms with Crippen LogP contribution in [0.1, 0.15) is 38.5 Å². The van der Waals surface area contributed by atoms with Gasteiger partial charge in [0.2, 0.25) is 0 Å². The Kier molecular flexibility index (Phi) is 15.1. The minimum absolute atomic E-state index is 0. The molecule has 9 heteroatoms. The van der Waals surface area contributed by atoms with Gasteiger partial charge in [0.05, 0.1) is 0 Å². The molecule has 0 aromatic heterocycles. The van der Waals surface area contributed by atoms with Crippen LogP contribution in [0.2, 0.25) is 0 Å². The second kappa shape index (κ2) is 16.7. The molecular formula is C22H22O8Zn. The van der Waals surface area contributed by atoms with Gasteiger partial charge in [0.1, 0.15) is 11.5 Å². The molecule has 2 aromatic carbocycles. The third-order valence-electron chi connectivity index (χ3n) is 3.47. The van der Waals surface area contributed by atoms with Gasteiger partial charge in [0.25, 0.3) is 0 Å². The molecule has 0 fully saturated rings. The van der Waals surface area contributed by atoms with E-state index in [1.807, 2.05) is 12.1 Å². The molecule has 0 saturated heterocycles. The molecule has 8 nitrogen and oxygen atoms in total. The standard InChI is InChI=1S/2C11H12O4.Zn/c2*12-10(13)7-4-8-11(14)15-9-5-2-1-3-6-9;/h2*1-3,5-6H,4,7-8H2,(H,12,13);/q;;+2/p-2. The van der Waals surface area contributed by atoms with Gasteiger partial charge >= 0.3 is 31.4 Å². The van der Waals surface area contributed by atoms with E-state index in [-0.39, 0.29) is 58.0 Å². The first-order valence-electron chi connectivity index (χ1n) is 9.28. The van der Waals surface area contributed by atoms with Crippen molar-refractivity contribution >= 4 is 23.9 Å². The van der Waals surface area contributed by atoms with Crippen molar-refractivity contribution in [3.05, 3.63) is 60.7 Å². The van der Waals surface area contributed by atoms with E-state index in [0.29, 0.717) is 11.5 Å². The number of esters is 2. The fraction of sp³-hybridized carbons (Fsp3) is 0.273. The molecule has 0 radical (unpaired) electrons. The summed E-state index contributed by atoms with van der Waals surface area (Å²) in [4.78, 5) is 42.5. The monoisotopic (exact) mass is 478 g/mol. The van der Waals surface area contributed by atoms with Crippen LogP contribution >= 0.6 is 0 Å². The molecule has 0 heterocycles. The quantitative estimate of drug-likeness (QED) is 0.280. The molecule has 0 aliphatic carbocycles. The van der Waals surface area contributed by atoms with Crippen molar-refractivity contribution in [3.8, 4) is 11.5 Å². The number of rotatable bonds is 10. The molecule has 0 atom stereocenters. The maximum absolute atomic E-state index is 11.2. The topological polar surface area (TPSA) is 133 Å². The number of carboxylic acids is 2. The summed E-state index contributed by atoms with van der Waals surface area (Å²) in [5.41, 5.74) is 0. The zero-order valence-electron chi connectivity index (χ0n) is 17.0. The molecule has 0 amide bonds. The first-order chi connectivity index (χ1) is 14.4. The molecule has 31 heavy (non-hydrogen) atoms. The number of hydrogen-bond donors (Lipinski definition) is 0. The summed E-state index contributed by atoms with van der Waals surface area (Å²) in [7, 11) is 0. The Labute approximate surface area is 192 Å². The van der Waals surface area contributed by atoms with E-state index < -0.39 is 23.9 Å². The van der Waals surface area contributed by atoms with Crippen molar-refractivity contribution in [1.29, 1.82) is 0 Å². The summed E-state index contributed by atoms with van der Waals surface area (Å²) >= 11 is 0. The summed E-state index contributed by atoms with van der Waals surface area (Å²) in [6.07, 6.45) is 0.418. The van der Waals surface area contributed by atoms with Crippen LogP contribution in [0.15, 0.2) is 60.7 Å². The number of ether oxygens (including phenoxy) is 2. The van der Waals surface area contributed by atoms with Gasteiger partial charge in [-0.2, -0.15) is 0 Å². The molecule has 0 aliphatic heterocycles. The van der Waals surface area contributed by atoms with Gasteiger partial charge in [0, 0.05) is 24.8 Å². The predicted octanol–water partition coefficient (Wildman–Crippen LogP) is 1.02. The third kappa shape index (κ3) is 15.4. The van der Waals surface area contributed by atoms with Gasteiger partial charge in [-0.05, 0) is 49.9 Å². The molecule has 0 saturated carbocycles. The van der Waals surface area contributed by atoms with E-state index in [9.17, 15) is 29.4 Å². The molecule has 0 unspecified atom stereocenters. The smallest absolute Gasteiger partial charge is 0.550 e. The maximum Gasteiger partial charge on any atom is 2.00 e. The van der Waals surface area contributed by atoms with Crippen LogP contribution in [0.25, 0.3) is 0 Å². The van der Waals surface area contributed by atoms with E-state index in [1.165, 1.54) is 0 Å². The van der Waals surface area contributed by atoms with Crippen LogP contribution in [0.5, 0.6) is 11.5 Å². The van der Waals surface area contributed by atoms with Crippen LogP contribution in [0.3, 0.4) is 0 Å². The van der Waals surface area contributed by atoms with E-state index in [1.54, 1.807) is 48.5 Å². The second-order valence-electron chi connectivity index (χ2n) is 6.03. The predicted molar refractivity (Wildman–Crippen MR) is 102 cm³/mol. The Hall–Kier alpha value is -3.06. The Morgan fingerprint density at radius 3 is 1.19 bits per heavy atom. The van der Waals surface area contributed by atoms with Crippen molar-refractivity contribution in [2.75, 3.05) is 0 Å². The Morgan fingerprint density at radius 2 is 0.903 bits per heavy atom. The minimum atomic E-state index is -1.15. The zero-order chi connectivity index (χ0) is 22.2. The normalized spacial score (nSPS) is 9.29.